The number of methoxy groups -OCH3 is 1. The maximum Gasteiger partial charge on any atom is 0.407 e. The highest BCUT2D eigenvalue weighted by Gasteiger charge is 2.35. The molecule has 0 saturated carbocycles. The molecule has 0 heterocycles. The molecule has 1 N–H and O–H groups in total. The van der Waals surface area contributed by atoms with Gasteiger partial charge in [0.05, 0.1) is 7.11 Å². The van der Waals surface area contributed by atoms with E-state index in [1.54, 1.807) is 0 Å². The molecule has 9 heteroatoms. The Bertz CT molecular complexity index is 329. The highest BCUT2D eigenvalue weighted by Crippen LogP contribution is 2.51. The van der Waals surface area contributed by atoms with Gasteiger partial charge in [-0.2, -0.15) is 0 Å². The van der Waals surface area contributed by atoms with Gasteiger partial charge in [-0.05, 0) is 6.42 Å². The van der Waals surface area contributed by atoms with Crippen molar-refractivity contribution in [1.29, 1.82) is 0 Å². The first-order chi connectivity index (χ1) is 8.39. The summed E-state index contributed by atoms with van der Waals surface area (Å²) in [7, 11) is 0.202. The number of rotatable bonds is 7. The summed E-state index contributed by atoms with van der Waals surface area (Å²) in [6, 6.07) is 0. The minimum atomic E-state index is -3.45. The van der Waals surface area contributed by atoms with Crippen molar-refractivity contribution in [3.63, 3.8) is 0 Å². The Morgan fingerprint density at radius 2 is 1.83 bits per heavy atom. The fourth-order valence-electron chi connectivity index (χ4n) is 1.15. The number of alkyl carbamates (subject to hydrolysis) is 1. The molecule has 0 aromatic rings. The molecule has 0 saturated heterocycles. The van der Waals surface area contributed by atoms with E-state index in [1.807, 2.05) is 0 Å². The number of hydrogen-bond donors (Lipinski definition) is 1. The number of ether oxygens (including phenoxy) is 1. The van der Waals surface area contributed by atoms with Gasteiger partial charge in [0.25, 0.3) is 0 Å². The van der Waals surface area contributed by atoms with E-state index < -0.39 is 19.5 Å². The number of thioether (sulfide) groups is 1. The van der Waals surface area contributed by atoms with E-state index in [2.05, 4.69) is 10.1 Å². The third kappa shape index (κ3) is 5.86. The Kier molecular flexibility index (Phi) is 8.26. The summed E-state index contributed by atoms with van der Waals surface area (Å²) in [5.41, 5.74) is 0. The van der Waals surface area contributed by atoms with Crippen molar-refractivity contribution in [2.75, 3.05) is 27.1 Å². The van der Waals surface area contributed by atoms with E-state index in [1.165, 1.54) is 28.3 Å². The van der Waals surface area contributed by atoms with E-state index in [9.17, 15) is 14.2 Å². The van der Waals surface area contributed by atoms with Crippen molar-refractivity contribution in [3.05, 3.63) is 0 Å². The van der Waals surface area contributed by atoms with Crippen LogP contribution in [0.3, 0.4) is 0 Å². The lowest BCUT2D eigenvalue weighted by Gasteiger charge is -2.24. The van der Waals surface area contributed by atoms with Crippen molar-refractivity contribution >= 4 is 30.6 Å². The van der Waals surface area contributed by atoms with Crippen LogP contribution in [0.5, 0.6) is 0 Å². The van der Waals surface area contributed by atoms with Gasteiger partial charge < -0.3 is 19.1 Å². The second-order valence-corrected chi connectivity index (χ2v) is 6.89. The van der Waals surface area contributed by atoms with Gasteiger partial charge in [-0.3, -0.25) is 9.36 Å². The van der Waals surface area contributed by atoms with Crippen molar-refractivity contribution in [2.24, 2.45) is 0 Å². The van der Waals surface area contributed by atoms with E-state index in [0.717, 1.165) is 11.8 Å². The molecule has 0 bridgehead atoms. The SMILES string of the molecule is COC(=O)NC(CCSC(C)=O)P(=O)(OC)OC. The lowest BCUT2D eigenvalue weighted by molar-refractivity contribution is -0.109. The van der Waals surface area contributed by atoms with E-state index >= 15 is 0 Å². The molecule has 0 aliphatic carbocycles. The van der Waals surface area contributed by atoms with E-state index in [4.69, 9.17) is 9.05 Å². The third-order valence-corrected chi connectivity index (χ3v) is 5.07. The first-order valence-corrected chi connectivity index (χ1v) is 7.68. The van der Waals surface area contributed by atoms with Crippen LogP contribution in [0.4, 0.5) is 4.79 Å². The highest BCUT2D eigenvalue weighted by atomic mass is 32.2. The molecule has 1 unspecified atom stereocenters. The van der Waals surface area contributed by atoms with Crippen LogP contribution in [0.25, 0.3) is 0 Å². The molecule has 7 nitrogen and oxygen atoms in total. The van der Waals surface area contributed by atoms with Crippen LogP contribution in [-0.2, 0) is 23.1 Å². The molecule has 0 aliphatic rings. The van der Waals surface area contributed by atoms with Crippen LogP contribution in [0.2, 0.25) is 0 Å². The smallest absolute Gasteiger partial charge is 0.407 e. The third-order valence-electron chi connectivity index (χ3n) is 2.06. The van der Waals surface area contributed by atoms with Crippen LogP contribution in [-0.4, -0.2) is 44.1 Å². The van der Waals surface area contributed by atoms with Crippen LogP contribution in [0.1, 0.15) is 13.3 Å². The number of hydrogen-bond acceptors (Lipinski definition) is 7. The molecule has 0 spiro atoms. The van der Waals surface area contributed by atoms with Gasteiger partial charge in [-0.1, -0.05) is 11.8 Å². The molecule has 106 valence electrons. The Hall–Kier alpha value is -0.560. The van der Waals surface area contributed by atoms with Gasteiger partial charge in [0.15, 0.2) is 5.12 Å². The Morgan fingerprint density at radius 1 is 1.28 bits per heavy atom. The van der Waals surface area contributed by atoms with Crippen LogP contribution < -0.4 is 5.32 Å². The number of nitrogens with one attached hydrogen (secondary N) is 1. The molecule has 0 aromatic carbocycles. The van der Waals surface area contributed by atoms with Gasteiger partial charge >= 0.3 is 13.7 Å². The van der Waals surface area contributed by atoms with Gasteiger partial charge in [-0.15, -0.1) is 0 Å². The second kappa shape index (κ2) is 8.53. The number of carbonyl (C=O) groups excluding carboxylic acids is 2. The first-order valence-electron chi connectivity index (χ1n) is 5.08. The maximum atomic E-state index is 12.2. The van der Waals surface area contributed by atoms with Crippen molar-refractivity contribution in [3.8, 4) is 0 Å². The topological polar surface area (TPSA) is 90.9 Å². The first kappa shape index (κ1) is 17.4. The number of amides is 1. The zero-order chi connectivity index (χ0) is 14.2. The molecule has 0 fully saturated rings. The summed E-state index contributed by atoms with van der Waals surface area (Å²) in [5, 5.41) is 2.33. The molecule has 0 aromatic heterocycles. The molecule has 1 atom stereocenters. The lowest BCUT2D eigenvalue weighted by Crippen LogP contribution is -2.35. The average Bonchev–Trinajstić information content (AvgIpc) is 2.35. The summed E-state index contributed by atoms with van der Waals surface area (Å²) in [4.78, 5) is 22.0. The summed E-state index contributed by atoms with van der Waals surface area (Å²) in [6.45, 7) is 1.43. The molecule has 0 rings (SSSR count). The molecule has 18 heavy (non-hydrogen) atoms. The van der Waals surface area contributed by atoms with Gasteiger partial charge in [0.2, 0.25) is 0 Å². The summed E-state index contributed by atoms with van der Waals surface area (Å²) >= 11 is 1.07. The molecule has 0 radical (unpaired) electrons. The van der Waals surface area contributed by atoms with Crippen LogP contribution in [0.15, 0.2) is 0 Å². The fraction of sp³-hybridized carbons (Fsp3) is 0.778. The normalized spacial score (nSPS) is 12.9. The fourth-order valence-corrected chi connectivity index (χ4v) is 3.33. The minimum absolute atomic E-state index is 0.0588. The predicted octanol–water partition coefficient (Wildman–Crippen LogP) is 1.82. The zero-order valence-corrected chi connectivity index (χ0v) is 12.5. The van der Waals surface area contributed by atoms with Gasteiger partial charge in [0, 0.05) is 26.9 Å². The van der Waals surface area contributed by atoms with Crippen LogP contribution in [0, 0.1) is 0 Å². The quantitative estimate of drug-likeness (QED) is 0.717. The van der Waals surface area contributed by atoms with Crippen LogP contribution >= 0.6 is 19.4 Å². The monoisotopic (exact) mass is 299 g/mol. The van der Waals surface area contributed by atoms with E-state index in [-0.39, 0.29) is 11.5 Å². The standard InChI is InChI=1S/C9H18NO6PS/c1-7(11)18-6-5-8(10-9(12)14-2)17(13,15-3)16-4/h8H,5-6H2,1-4H3,(H,10,12). The Labute approximate surface area is 110 Å². The zero-order valence-electron chi connectivity index (χ0n) is 10.8. The average molecular weight is 299 g/mol. The molecular formula is C9H18NO6PS. The summed E-state index contributed by atoms with van der Waals surface area (Å²) in [6.07, 6.45) is -0.472. The highest BCUT2D eigenvalue weighted by molar-refractivity contribution is 8.13. The van der Waals surface area contributed by atoms with Crippen molar-refractivity contribution < 1.29 is 27.9 Å². The minimum Gasteiger partial charge on any atom is -0.453 e. The Balaban J connectivity index is 4.65. The lowest BCUT2D eigenvalue weighted by atomic mass is 10.5. The molecule has 0 aliphatic heterocycles. The Morgan fingerprint density at radius 3 is 2.22 bits per heavy atom. The predicted molar refractivity (Wildman–Crippen MR) is 68.7 cm³/mol. The largest absolute Gasteiger partial charge is 0.453 e. The maximum absolute atomic E-state index is 12.2. The van der Waals surface area contributed by atoms with Crippen molar-refractivity contribution in [2.45, 2.75) is 19.1 Å². The van der Waals surface area contributed by atoms with Gasteiger partial charge in [0.1, 0.15) is 5.78 Å². The van der Waals surface area contributed by atoms with E-state index in [0.29, 0.717) is 5.75 Å². The summed E-state index contributed by atoms with van der Waals surface area (Å²) in [5.74, 6) is -0.465. The molecular weight excluding hydrogens is 281 g/mol. The number of carbonyl (C=O) groups is 2. The summed E-state index contributed by atoms with van der Waals surface area (Å²) < 4.78 is 26.2. The molecule has 1 amide bonds. The second-order valence-electron chi connectivity index (χ2n) is 3.19. The van der Waals surface area contributed by atoms with Gasteiger partial charge in [-0.25, -0.2) is 4.79 Å². The van der Waals surface area contributed by atoms with Crippen molar-refractivity contribution in [1.82, 2.24) is 5.32 Å².